The first-order valence-corrected chi connectivity index (χ1v) is 3.03. The topological polar surface area (TPSA) is 38.9 Å². The molecule has 0 aliphatic carbocycles. The fourth-order valence-electron chi connectivity index (χ4n) is 0.714. The third-order valence-electron chi connectivity index (χ3n) is 1.25. The van der Waals surface area contributed by atoms with Crippen molar-refractivity contribution in [2.75, 3.05) is 5.73 Å². The van der Waals surface area contributed by atoms with Crippen molar-refractivity contribution >= 4 is 22.8 Å². The van der Waals surface area contributed by atoms with E-state index >= 15 is 0 Å². The van der Waals surface area contributed by atoms with E-state index < -0.39 is 0 Å². The van der Waals surface area contributed by atoms with Gasteiger partial charge in [-0.25, -0.2) is 4.98 Å². The molecule has 0 fully saturated rings. The molecule has 56 valence electrons. The van der Waals surface area contributed by atoms with Gasteiger partial charge in [-0.1, -0.05) is 6.92 Å². The summed E-state index contributed by atoms with van der Waals surface area (Å²) in [5, 5.41) is 0. The number of halogens is 1. The minimum absolute atomic E-state index is 0. The Morgan fingerprint density at radius 3 is 2.70 bits per heavy atom. The van der Waals surface area contributed by atoms with Gasteiger partial charge in [-0.3, -0.25) is 0 Å². The fraction of sp³-hybridized carbons (Fsp3) is 0.286. The molecule has 0 saturated carbocycles. The average Bonchev–Trinajstić information content (AvgIpc) is 1.88. The maximum absolute atomic E-state index is 5.42. The van der Waals surface area contributed by atoms with Crippen molar-refractivity contribution in [3.63, 3.8) is 0 Å². The normalized spacial score (nSPS) is 8.50. The van der Waals surface area contributed by atoms with E-state index in [0.29, 0.717) is 5.82 Å². The van der Waals surface area contributed by atoms with Crippen LogP contribution in [0.25, 0.3) is 0 Å². The molecule has 2 N–H and O–H groups in total. The Balaban J connectivity index is 0.000000810. The number of nitrogens with zero attached hydrogens (tertiary/aromatic N) is 1. The van der Waals surface area contributed by atoms with Gasteiger partial charge >= 0.3 is 0 Å². The minimum Gasteiger partial charge on any atom is -0.384 e. The van der Waals surface area contributed by atoms with Crippen molar-refractivity contribution in [1.29, 1.82) is 0 Å². The number of nitrogens with two attached hydrogens (primary N) is 1. The van der Waals surface area contributed by atoms with E-state index in [-0.39, 0.29) is 17.0 Å². The lowest BCUT2D eigenvalue weighted by molar-refractivity contribution is 1.12. The number of hydrogen-bond acceptors (Lipinski definition) is 2. The second kappa shape index (κ2) is 4.28. The molecule has 0 aliphatic rings. The number of hydrogen-bond donors (Lipinski definition) is 1. The molecule has 1 aromatic rings. The van der Waals surface area contributed by atoms with E-state index in [9.17, 15) is 0 Å². The maximum atomic E-state index is 5.42. The first-order valence-electron chi connectivity index (χ1n) is 3.03. The van der Waals surface area contributed by atoms with Gasteiger partial charge in [-0.15, -0.1) is 17.0 Å². The van der Waals surface area contributed by atoms with Gasteiger partial charge < -0.3 is 5.73 Å². The SMILES string of the molecule is Br.CCc1ccnc(N)c1. The molecule has 10 heavy (non-hydrogen) atoms. The van der Waals surface area contributed by atoms with Crippen molar-refractivity contribution in [2.45, 2.75) is 13.3 Å². The Kier molecular flexibility index (Phi) is 4.03. The van der Waals surface area contributed by atoms with Crippen LogP contribution in [-0.4, -0.2) is 4.98 Å². The lowest BCUT2D eigenvalue weighted by Crippen LogP contribution is -1.90. The molecule has 0 radical (unpaired) electrons. The predicted molar refractivity (Wildman–Crippen MR) is 48.3 cm³/mol. The largest absolute Gasteiger partial charge is 0.384 e. The van der Waals surface area contributed by atoms with E-state index in [2.05, 4.69) is 11.9 Å². The summed E-state index contributed by atoms with van der Waals surface area (Å²) in [5.74, 6) is 0.606. The van der Waals surface area contributed by atoms with Gasteiger partial charge in [0.15, 0.2) is 0 Å². The predicted octanol–water partition coefficient (Wildman–Crippen LogP) is 1.80. The summed E-state index contributed by atoms with van der Waals surface area (Å²) < 4.78 is 0. The number of aryl methyl sites for hydroxylation is 1. The van der Waals surface area contributed by atoms with Crippen LogP contribution in [0.3, 0.4) is 0 Å². The van der Waals surface area contributed by atoms with Crippen LogP contribution in [0.15, 0.2) is 18.3 Å². The van der Waals surface area contributed by atoms with Crippen molar-refractivity contribution < 1.29 is 0 Å². The number of anilines is 1. The summed E-state index contributed by atoms with van der Waals surface area (Å²) in [7, 11) is 0. The second-order valence-electron chi connectivity index (χ2n) is 1.94. The molecule has 0 amide bonds. The number of nitrogen functional groups attached to an aromatic ring is 1. The van der Waals surface area contributed by atoms with E-state index in [4.69, 9.17) is 5.73 Å². The molecule has 0 atom stereocenters. The lowest BCUT2D eigenvalue weighted by Gasteiger charge is -1.94. The van der Waals surface area contributed by atoms with Gasteiger partial charge in [0.05, 0.1) is 0 Å². The summed E-state index contributed by atoms with van der Waals surface area (Å²) >= 11 is 0. The van der Waals surface area contributed by atoms with Gasteiger partial charge in [0.2, 0.25) is 0 Å². The molecule has 0 bridgehead atoms. The summed E-state index contributed by atoms with van der Waals surface area (Å²) in [6, 6.07) is 3.86. The molecule has 2 nitrogen and oxygen atoms in total. The zero-order valence-corrected chi connectivity index (χ0v) is 7.59. The van der Waals surface area contributed by atoms with Crippen molar-refractivity contribution in [3.8, 4) is 0 Å². The van der Waals surface area contributed by atoms with E-state index in [1.54, 1.807) is 6.20 Å². The van der Waals surface area contributed by atoms with E-state index in [1.807, 2.05) is 12.1 Å². The highest BCUT2D eigenvalue weighted by Gasteiger charge is 1.87. The molecular weight excluding hydrogens is 192 g/mol. The molecule has 1 rings (SSSR count). The molecule has 0 aliphatic heterocycles. The number of rotatable bonds is 1. The van der Waals surface area contributed by atoms with Crippen LogP contribution in [0.2, 0.25) is 0 Å². The first kappa shape index (κ1) is 9.43. The molecular formula is C7H11BrN2. The van der Waals surface area contributed by atoms with Crippen LogP contribution in [0.5, 0.6) is 0 Å². The van der Waals surface area contributed by atoms with Gasteiger partial charge in [-0.05, 0) is 24.1 Å². The van der Waals surface area contributed by atoms with Crippen LogP contribution in [-0.2, 0) is 6.42 Å². The van der Waals surface area contributed by atoms with Crippen LogP contribution in [0, 0.1) is 0 Å². The monoisotopic (exact) mass is 202 g/mol. The Hall–Kier alpha value is -0.570. The zero-order chi connectivity index (χ0) is 6.69. The average molecular weight is 203 g/mol. The quantitative estimate of drug-likeness (QED) is 0.755. The smallest absolute Gasteiger partial charge is 0.123 e. The standard InChI is InChI=1S/C7H10N2.BrH/c1-2-6-3-4-9-7(8)5-6;/h3-5H,2H2,1H3,(H2,8,9);1H. The molecule has 1 heterocycles. The summed E-state index contributed by atoms with van der Waals surface area (Å²) in [6.45, 7) is 2.09. The fourth-order valence-corrected chi connectivity index (χ4v) is 0.714. The minimum atomic E-state index is 0. The zero-order valence-electron chi connectivity index (χ0n) is 5.87. The molecule has 1 aromatic heterocycles. The van der Waals surface area contributed by atoms with Crippen LogP contribution in [0.4, 0.5) is 5.82 Å². The second-order valence-corrected chi connectivity index (χ2v) is 1.94. The van der Waals surface area contributed by atoms with Crippen LogP contribution < -0.4 is 5.73 Å². The Morgan fingerprint density at radius 1 is 1.60 bits per heavy atom. The molecule has 0 saturated heterocycles. The van der Waals surface area contributed by atoms with Crippen molar-refractivity contribution in [2.24, 2.45) is 0 Å². The van der Waals surface area contributed by atoms with Crippen molar-refractivity contribution in [3.05, 3.63) is 23.9 Å². The van der Waals surface area contributed by atoms with Crippen LogP contribution >= 0.6 is 17.0 Å². The molecule has 3 heteroatoms. The Labute approximate surface area is 71.2 Å². The highest BCUT2D eigenvalue weighted by Crippen LogP contribution is 2.02. The Bertz CT molecular complexity index is 201. The van der Waals surface area contributed by atoms with Gasteiger partial charge in [-0.2, -0.15) is 0 Å². The molecule has 0 unspecified atom stereocenters. The van der Waals surface area contributed by atoms with Crippen molar-refractivity contribution in [1.82, 2.24) is 4.98 Å². The maximum Gasteiger partial charge on any atom is 0.123 e. The van der Waals surface area contributed by atoms with Gasteiger partial charge in [0.1, 0.15) is 5.82 Å². The molecule has 0 aromatic carbocycles. The lowest BCUT2D eigenvalue weighted by atomic mass is 10.2. The number of pyridine rings is 1. The Morgan fingerprint density at radius 2 is 2.30 bits per heavy atom. The highest BCUT2D eigenvalue weighted by molar-refractivity contribution is 8.93. The summed E-state index contributed by atoms with van der Waals surface area (Å²) in [4.78, 5) is 3.87. The highest BCUT2D eigenvalue weighted by atomic mass is 79.9. The third kappa shape index (κ3) is 2.35. The molecule has 0 spiro atoms. The van der Waals surface area contributed by atoms with Gasteiger partial charge in [0, 0.05) is 6.20 Å². The van der Waals surface area contributed by atoms with Gasteiger partial charge in [0.25, 0.3) is 0 Å². The third-order valence-corrected chi connectivity index (χ3v) is 1.25. The van der Waals surface area contributed by atoms with E-state index in [0.717, 1.165) is 6.42 Å². The summed E-state index contributed by atoms with van der Waals surface area (Å²) in [6.07, 6.45) is 2.75. The van der Waals surface area contributed by atoms with E-state index in [1.165, 1.54) is 5.56 Å². The number of aromatic nitrogens is 1. The first-order chi connectivity index (χ1) is 4.33. The summed E-state index contributed by atoms with van der Waals surface area (Å²) in [5.41, 5.74) is 6.66. The van der Waals surface area contributed by atoms with Crippen LogP contribution in [0.1, 0.15) is 12.5 Å².